The summed E-state index contributed by atoms with van der Waals surface area (Å²) in [5, 5.41) is -0.944. The van der Waals surface area contributed by atoms with E-state index in [1.807, 2.05) is 0 Å². The molecule has 0 aliphatic rings. The standard InChI is InChI=1S/C11H12ClFO2/c1-3-15-11(14)10(12)8-5-4-7(2)9(13)6-8/h4-6,10H,3H2,1-2H3. The lowest BCUT2D eigenvalue weighted by atomic mass is 10.1. The third-order valence-corrected chi connectivity index (χ3v) is 2.41. The molecule has 0 saturated heterocycles. The highest BCUT2D eigenvalue weighted by molar-refractivity contribution is 6.29. The second kappa shape index (κ2) is 5.12. The van der Waals surface area contributed by atoms with Gasteiger partial charge in [-0.3, -0.25) is 4.79 Å². The normalized spacial score (nSPS) is 12.3. The molecule has 1 aromatic rings. The van der Waals surface area contributed by atoms with Crippen LogP contribution in [0.2, 0.25) is 0 Å². The number of hydrogen-bond donors (Lipinski definition) is 0. The van der Waals surface area contributed by atoms with Crippen LogP contribution in [0.15, 0.2) is 18.2 Å². The summed E-state index contributed by atoms with van der Waals surface area (Å²) < 4.78 is 17.9. The van der Waals surface area contributed by atoms with E-state index in [4.69, 9.17) is 16.3 Å². The van der Waals surface area contributed by atoms with Crippen LogP contribution in [0.1, 0.15) is 23.4 Å². The highest BCUT2D eigenvalue weighted by Gasteiger charge is 2.19. The lowest BCUT2D eigenvalue weighted by Crippen LogP contribution is -2.11. The van der Waals surface area contributed by atoms with E-state index in [1.165, 1.54) is 6.07 Å². The SMILES string of the molecule is CCOC(=O)C(Cl)c1ccc(C)c(F)c1. The molecule has 0 aromatic heterocycles. The third kappa shape index (κ3) is 2.93. The maximum Gasteiger partial charge on any atom is 0.328 e. The Balaban J connectivity index is 2.86. The van der Waals surface area contributed by atoms with Crippen molar-refractivity contribution in [3.8, 4) is 0 Å². The zero-order valence-corrected chi connectivity index (χ0v) is 9.34. The number of benzene rings is 1. The van der Waals surface area contributed by atoms with Crippen molar-refractivity contribution in [1.82, 2.24) is 0 Å². The number of halogens is 2. The Labute approximate surface area is 93.0 Å². The average Bonchev–Trinajstić information content (AvgIpc) is 2.21. The van der Waals surface area contributed by atoms with E-state index in [0.29, 0.717) is 11.1 Å². The molecule has 0 bridgehead atoms. The van der Waals surface area contributed by atoms with Crippen LogP contribution >= 0.6 is 11.6 Å². The third-order valence-electron chi connectivity index (χ3n) is 1.98. The monoisotopic (exact) mass is 230 g/mol. The average molecular weight is 231 g/mol. The van der Waals surface area contributed by atoms with E-state index >= 15 is 0 Å². The van der Waals surface area contributed by atoms with Crippen molar-refractivity contribution in [1.29, 1.82) is 0 Å². The van der Waals surface area contributed by atoms with E-state index in [1.54, 1.807) is 26.0 Å². The van der Waals surface area contributed by atoms with Gasteiger partial charge in [0.05, 0.1) is 6.61 Å². The summed E-state index contributed by atoms with van der Waals surface area (Å²) in [6.45, 7) is 3.60. The molecule has 1 aromatic carbocycles. The van der Waals surface area contributed by atoms with Crippen LogP contribution in [-0.2, 0) is 9.53 Å². The molecule has 0 N–H and O–H groups in total. The fourth-order valence-electron chi connectivity index (χ4n) is 1.12. The van der Waals surface area contributed by atoms with Gasteiger partial charge < -0.3 is 4.74 Å². The summed E-state index contributed by atoms with van der Waals surface area (Å²) in [6.07, 6.45) is 0. The molecule has 0 saturated carbocycles. The number of carbonyl (C=O) groups is 1. The second-order valence-corrected chi connectivity index (χ2v) is 3.56. The van der Waals surface area contributed by atoms with E-state index in [0.717, 1.165) is 0 Å². The maximum absolute atomic E-state index is 13.2. The highest BCUT2D eigenvalue weighted by atomic mass is 35.5. The molecule has 2 nitrogen and oxygen atoms in total. The number of aryl methyl sites for hydroxylation is 1. The van der Waals surface area contributed by atoms with Crippen molar-refractivity contribution in [2.24, 2.45) is 0 Å². The Hall–Kier alpha value is -1.09. The summed E-state index contributed by atoms with van der Waals surface area (Å²) in [6, 6.07) is 4.45. The maximum atomic E-state index is 13.2. The number of alkyl halides is 1. The summed E-state index contributed by atoms with van der Waals surface area (Å²) in [7, 11) is 0. The molecule has 0 aliphatic carbocycles. The van der Waals surface area contributed by atoms with Gasteiger partial charge in [-0.15, -0.1) is 11.6 Å². The van der Waals surface area contributed by atoms with Gasteiger partial charge in [0, 0.05) is 0 Å². The van der Waals surface area contributed by atoms with Gasteiger partial charge in [0.2, 0.25) is 0 Å². The van der Waals surface area contributed by atoms with E-state index in [2.05, 4.69) is 0 Å². The summed E-state index contributed by atoms with van der Waals surface area (Å²) in [4.78, 5) is 11.3. The number of hydrogen-bond acceptors (Lipinski definition) is 2. The minimum atomic E-state index is -0.944. The first-order chi connectivity index (χ1) is 7.06. The molecule has 82 valence electrons. The Bertz CT molecular complexity index is 366. The van der Waals surface area contributed by atoms with Crippen LogP contribution < -0.4 is 0 Å². The van der Waals surface area contributed by atoms with Crippen molar-refractivity contribution < 1.29 is 13.9 Å². The van der Waals surface area contributed by atoms with Gasteiger partial charge in [-0.05, 0) is 31.0 Å². The minimum absolute atomic E-state index is 0.260. The van der Waals surface area contributed by atoms with Gasteiger partial charge in [0.1, 0.15) is 5.82 Å². The van der Waals surface area contributed by atoms with Crippen LogP contribution in [0.5, 0.6) is 0 Å². The predicted molar refractivity (Wildman–Crippen MR) is 56.4 cm³/mol. The van der Waals surface area contributed by atoms with Crippen molar-refractivity contribution >= 4 is 17.6 Å². The molecule has 0 fully saturated rings. The Kier molecular flexibility index (Phi) is 4.09. The van der Waals surface area contributed by atoms with Gasteiger partial charge in [0.15, 0.2) is 5.38 Å². The predicted octanol–water partition coefficient (Wildman–Crippen LogP) is 2.98. The fourth-order valence-corrected chi connectivity index (χ4v) is 1.32. The van der Waals surface area contributed by atoms with Gasteiger partial charge >= 0.3 is 5.97 Å². The Morgan fingerprint density at radius 2 is 2.27 bits per heavy atom. The number of esters is 1. The summed E-state index contributed by atoms with van der Waals surface area (Å²) >= 11 is 5.82. The summed E-state index contributed by atoms with van der Waals surface area (Å²) in [5.74, 6) is -0.926. The quantitative estimate of drug-likeness (QED) is 0.590. The first-order valence-electron chi connectivity index (χ1n) is 4.63. The zero-order chi connectivity index (χ0) is 11.4. The lowest BCUT2D eigenvalue weighted by Gasteiger charge is -2.09. The summed E-state index contributed by atoms with van der Waals surface area (Å²) in [5.41, 5.74) is 0.935. The number of rotatable bonds is 3. The molecule has 1 atom stereocenters. The van der Waals surface area contributed by atoms with Crippen LogP contribution in [-0.4, -0.2) is 12.6 Å². The Morgan fingerprint density at radius 1 is 1.60 bits per heavy atom. The first-order valence-corrected chi connectivity index (χ1v) is 5.06. The van der Waals surface area contributed by atoms with Crippen molar-refractivity contribution in [3.05, 3.63) is 35.1 Å². The van der Waals surface area contributed by atoms with E-state index < -0.39 is 11.3 Å². The topological polar surface area (TPSA) is 26.3 Å². The van der Waals surface area contributed by atoms with Gasteiger partial charge in [-0.1, -0.05) is 12.1 Å². The molecule has 0 radical (unpaired) electrons. The molecule has 0 amide bonds. The van der Waals surface area contributed by atoms with Crippen LogP contribution in [0.3, 0.4) is 0 Å². The molecule has 0 heterocycles. The molecule has 15 heavy (non-hydrogen) atoms. The number of carbonyl (C=O) groups excluding carboxylic acids is 1. The first kappa shape index (κ1) is 12.0. The van der Waals surface area contributed by atoms with Gasteiger partial charge in [0.25, 0.3) is 0 Å². The van der Waals surface area contributed by atoms with Gasteiger partial charge in [-0.25, -0.2) is 4.39 Å². The van der Waals surface area contributed by atoms with Crippen molar-refractivity contribution in [2.45, 2.75) is 19.2 Å². The fraction of sp³-hybridized carbons (Fsp3) is 0.364. The minimum Gasteiger partial charge on any atom is -0.465 e. The van der Waals surface area contributed by atoms with Crippen molar-refractivity contribution in [2.75, 3.05) is 6.61 Å². The van der Waals surface area contributed by atoms with Crippen LogP contribution in [0.25, 0.3) is 0 Å². The molecule has 1 unspecified atom stereocenters. The number of ether oxygens (including phenoxy) is 1. The molecule has 1 rings (SSSR count). The van der Waals surface area contributed by atoms with Crippen LogP contribution in [0.4, 0.5) is 4.39 Å². The molecule has 4 heteroatoms. The molecule has 0 aliphatic heterocycles. The smallest absolute Gasteiger partial charge is 0.328 e. The van der Waals surface area contributed by atoms with Crippen LogP contribution in [0, 0.1) is 12.7 Å². The van der Waals surface area contributed by atoms with E-state index in [-0.39, 0.29) is 12.4 Å². The molecule has 0 spiro atoms. The van der Waals surface area contributed by atoms with E-state index in [9.17, 15) is 9.18 Å². The molecular formula is C11H12ClFO2. The largest absolute Gasteiger partial charge is 0.465 e. The highest BCUT2D eigenvalue weighted by Crippen LogP contribution is 2.23. The lowest BCUT2D eigenvalue weighted by molar-refractivity contribution is -0.142. The Morgan fingerprint density at radius 3 is 2.80 bits per heavy atom. The van der Waals surface area contributed by atoms with Crippen molar-refractivity contribution in [3.63, 3.8) is 0 Å². The zero-order valence-electron chi connectivity index (χ0n) is 8.59. The van der Waals surface area contributed by atoms with Gasteiger partial charge in [-0.2, -0.15) is 0 Å². The second-order valence-electron chi connectivity index (χ2n) is 3.12. The molecular weight excluding hydrogens is 219 g/mol.